The molecule has 1 rings (SSSR count). The fourth-order valence-corrected chi connectivity index (χ4v) is 2.72. The Labute approximate surface area is 129 Å². The van der Waals surface area contributed by atoms with E-state index < -0.39 is 4.92 Å². The molecule has 2 atom stereocenters. The Hall–Kier alpha value is -1.25. The lowest BCUT2D eigenvalue weighted by Gasteiger charge is -2.17. The highest BCUT2D eigenvalue weighted by molar-refractivity contribution is 7.99. The summed E-state index contributed by atoms with van der Waals surface area (Å²) < 4.78 is 5.87. The van der Waals surface area contributed by atoms with Crippen molar-refractivity contribution in [3.8, 4) is 0 Å². The van der Waals surface area contributed by atoms with E-state index in [4.69, 9.17) is 4.74 Å². The number of rotatable bonds is 10. The van der Waals surface area contributed by atoms with Gasteiger partial charge in [-0.05, 0) is 14.1 Å². The van der Waals surface area contributed by atoms with E-state index in [0.29, 0.717) is 12.4 Å². The Balaban J connectivity index is 2.10. The van der Waals surface area contributed by atoms with Gasteiger partial charge in [0.2, 0.25) is 0 Å². The number of nitrogens with one attached hydrogen (secondary N) is 2. The largest absolute Gasteiger partial charge is 0.370 e. The van der Waals surface area contributed by atoms with Crippen LogP contribution in [0, 0.1) is 10.1 Å². The summed E-state index contributed by atoms with van der Waals surface area (Å²) in [6, 6.07) is 0. The SMILES string of the molecule is CN/C(=C/[N+](=O)[O-])NCCSCC1C=CC(CN(C)C)O1. The van der Waals surface area contributed by atoms with Gasteiger partial charge in [0.1, 0.15) is 0 Å². The average molecular weight is 316 g/mol. The second-order valence-corrected chi connectivity index (χ2v) is 6.09. The van der Waals surface area contributed by atoms with E-state index in [0.717, 1.165) is 24.3 Å². The molecule has 1 heterocycles. The van der Waals surface area contributed by atoms with Gasteiger partial charge in [-0.25, -0.2) is 0 Å². The van der Waals surface area contributed by atoms with Gasteiger partial charge in [0.05, 0.1) is 17.1 Å². The summed E-state index contributed by atoms with van der Waals surface area (Å²) in [5, 5.41) is 16.1. The third-order valence-corrected chi connectivity index (χ3v) is 3.84. The van der Waals surface area contributed by atoms with Gasteiger partial charge < -0.3 is 20.3 Å². The summed E-state index contributed by atoms with van der Waals surface area (Å²) in [6.07, 6.45) is 5.50. The number of nitrogens with zero attached hydrogens (tertiary/aromatic N) is 2. The molecule has 8 heteroatoms. The zero-order valence-electron chi connectivity index (χ0n) is 12.7. The van der Waals surface area contributed by atoms with Crippen LogP contribution in [0.2, 0.25) is 0 Å². The molecule has 0 radical (unpaired) electrons. The zero-order valence-corrected chi connectivity index (χ0v) is 13.6. The molecule has 2 N–H and O–H groups in total. The number of ether oxygens (including phenoxy) is 1. The molecule has 0 aromatic rings. The minimum atomic E-state index is -0.478. The zero-order chi connectivity index (χ0) is 15.7. The third kappa shape index (κ3) is 7.93. The molecule has 2 unspecified atom stereocenters. The summed E-state index contributed by atoms with van der Waals surface area (Å²) in [4.78, 5) is 12.0. The van der Waals surface area contributed by atoms with E-state index in [-0.39, 0.29) is 12.2 Å². The molecule has 0 aromatic carbocycles. The van der Waals surface area contributed by atoms with Crippen LogP contribution in [-0.4, -0.2) is 67.8 Å². The number of nitro groups is 1. The fourth-order valence-electron chi connectivity index (χ4n) is 1.88. The Morgan fingerprint density at radius 3 is 2.81 bits per heavy atom. The van der Waals surface area contributed by atoms with E-state index in [1.54, 1.807) is 18.8 Å². The predicted octanol–water partition coefficient (Wildman–Crippen LogP) is 0.489. The molecular formula is C13H24N4O3S. The highest BCUT2D eigenvalue weighted by Crippen LogP contribution is 2.16. The number of thioether (sulfide) groups is 1. The molecule has 0 saturated carbocycles. The van der Waals surface area contributed by atoms with E-state index >= 15 is 0 Å². The molecule has 0 aliphatic carbocycles. The van der Waals surface area contributed by atoms with Crippen LogP contribution in [0.1, 0.15) is 0 Å². The van der Waals surface area contributed by atoms with Crippen molar-refractivity contribution in [2.45, 2.75) is 12.2 Å². The summed E-state index contributed by atoms with van der Waals surface area (Å²) in [6.45, 7) is 1.57. The molecule has 0 spiro atoms. The second kappa shape index (κ2) is 9.64. The van der Waals surface area contributed by atoms with Crippen molar-refractivity contribution >= 4 is 11.8 Å². The van der Waals surface area contributed by atoms with Crippen molar-refractivity contribution < 1.29 is 9.66 Å². The molecular weight excluding hydrogens is 292 g/mol. The Morgan fingerprint density at radius 2 is 2.19 bits per heavy atom. The predicted molar refractivity (Wildman–Crippen MR) is 85.8 cm³/mol. The highest BCUT2D eigenvalue weighted by Gasteiger charge is 2.19. The average Bonchev–Trinajstić information content (AvgIpc) is 2.83. The van der Waals surface area contributed by atoms with Gasteiger partial charge in [0.25, 0.3) is 6.20 Å². The maximum absolute atomic E-state index is 10.4. The van der Waals surface area contributed by atoms with Crippen LogP contribution >= 0.6 is 11.8 Å². The third-order valence-electron chi connectivity index (χ3n) is 2.78. The molecule has 0 amide bonds. The van der Waals surface area contributed by atoms with E-state index in [1.165, 1.54) is 0 Å². The maximum Gasteiger partial charge on any atom is 0.274 e. The van der Waals surface area contributed by atoms with Crippen molar-refractivity contribution in [1.29, 1.82) is 0 Å². The van der Waals surface area contributed by atoms with Gasteiger partial charge in [0.15, 0.2) is 5.82 Å². The second-order valence-electron chi connectivity index (χ2n) is 4.94. The molecule has 1 aliphatic heterocycles. The Bertz CT molecular complexity index is 388. The molecule has 120 valence electrons. The molecule has 0 fully saturated rings. The molecule has 1 aliphatic rings. The number of hydrogen-bond acceptors (Lipinski definition) is 7. The standard InChI is InChI=1S/C13H24N4O3S/c1-14-13(9-17(18)19)15-6-7-21-10-12-5-4-11(20-12)8-16(2)3/h4-5,9,11-12,14-15H,6-8,10H2,1-3H3/b13-9-. The first-order valence-corrected chi connectivity index (χ1v) is 8.00. The maximum atomic E-state index is 10.4. The van der Waals surface area contributed by atoms with Crippen LogP contribution in [-0.2, 0) is 4.74 Å². The van der Waals surface area contributed by atoms with Crippen LogP contribution in [0.4, 0.5) is 0 Å². The lowest BCUT2D eigenvalue weighted by atomic mass is 10.3. The van der Waals surface area contributed by atoms with Crippen molar-refractivity contribution in [3.05, 3.63) is 34.3 Å². The van der Waals surface area contributed by atoms with Crippen LogP contribution in [0.5, 0.6) is 0 Å². The van der Waals surface area contributed by atoms with Gasteiger partial charge in [-0.15, -0.1) is 0 Å². The normalized spacial score (nSPS) is 21.8. The summed E-state index contributed by atoms with van der Waals surface area (Å²) >= 11 is 1.77. The molecule has 21 heavy (non-hydrogen) atoms. The number of likely N-dealkylation sites (N-methyl/N-ethyl adjacent to an activating group) is 1. The Morgan fingerprint density at radius 1 is 1.48 bits per heavy atom. The first kappa shape index (κ1) is 17.8. The van der Waals surface area contributed by atoms with E-state index in [9.17, 15) is 10.1 Å². The van der Waals surface area contributed by atoms with Crippen LogP contribution in [0.25, 0.3) is 0 Å². The van der Waals surface area contributed by atoms with Crippen LogP contribution in [0.3, 0.4) is 0 Å². The smallest absolute Gasteiger partial charge is 0.274 e. The topological polar surface area (TPSA) is 79.7 Å². The minimum Gasteiger partial charge on any atom is -0.370 e. The molecule has 0 aromatic heterocycles. The minimum absolute atomic E-state index is 0.165. The van der Waals surface area contributed by atoms with Crippen LogP contribution in [0.15, 0.2) is 24.2 Å². The quantitative estimate of drug-likeness (QED) is 0.263. The lowest BCUT2D eigenvalue weighted by molar-refractivity contribution is -0.404. The summed E-state index contributed by atoms with van der Waals surface area (Å²) in [5.74, 6) is 2.18. The van der Waals surface area contributed by atoms with Crippen LogP contribution < -0.4 is 10.6 Å². The van der Waals surface area contributed by atoms with Gasteiger partial charge >= 0.3 is 0 Å². The number of hydrogen-bond donors (Lipinski definition) is 2. The van der Waals surface area contributed by atoms with Gasteiger partial charge in [-0.2, -0.15) is 11.8 Å². The first-order chi connectivity index (χ1) is 10.0. The monoisotopic (exact) mass is 316 g/mol. The van der Waals surface area contributed by atoms with E-state index in [1.807, 2.05) is 14.1 Å². The molecule has 0 bridgehead atoms. The van der Waals surface area contributed by atoms with Crippen molar-refractivity contribution in [3.63, 3.8) is 0 Å². The summed E-state index contributed by atoms with van der Waals surface area (Å²) in [7, 11) is 5.71. The Kier molecular flexibility index (Phi) is 8.17. The van der Waals surface area contributed by atoms with Gasteiger partial charge in [-0.1, -0.05) is 12.2 Å². The highest BCUT2D eigenvalue weighted by atomic mass is 32.2. The molecule has 0 saturated heterocycles. The summed E-state index contributed by atoms with van der Waals surface area (Å²) in [5.41, 5.74) is 0. The van der Waals surface area contributed by atoms with Gasteiger partial charge in [-0.3, -0.25) is 10.1 Å². The van der Waals surface area contributed by atoms with Crippen molar-refractivity contribution in [2.75, 3.05) is 45.7 Å². The molecule has 7 nitrogen and oxygen atoms in total. The van der Waals surface area contributed by atoms with Gasteiger partial charge in [0, 0.05) is 31.6 Å². The fraction of sp³-hybridized carbons (Fsp3) is 0.692. The van der Waals surface area contributed by atoms with E-state index in [2.05, 4.69) is 27.7 Å². The first-order valence-electron chi connectivity index (χ1n) is 6.84. The van der Waals surface area contributed by atoms with Crippen molar-refractivity contribution in [1.82, 2.24) is 15.5 Å². The lowest BCUT2D eigenvalue weighted by Crippen LogP contribution is -2.28. The van der Waals surface area contributed by atoms with Crippen molar-refractivity contribution in [2.24, 2.45) is 0 Å².